The lowest BCUT2D eigenvalue weighted by Crippen LogP contribution is -2.34. The minimum atomic E-state index is -0.261. The number of hydrogen-bond acceptors (Lipinski definition) is 3. The molecule has 0 aliphatic rings. The van der Waals surface area contributed by atoms with Crippen molar-refractivity contribution in [2.45, 2.75) is 6.92 Å². The van der Waals surface area contributed by atoms with Crippen molar-refractivity contribution in [3.05, 3.63) is 48.5 Å². The van der Waals surface area contributed by atoms with E-state index in [0.29, 0.717) is 23.6 Å². The Morgan fingerprint density at radius 2 is 1.95 bits per heavy atom. The van der Waals surface area contributed by atoms with Crippen LogP contribution in [0.4, 0.5) is 21.9 Å². The second-order valence-electron chi connectivity index (χ2n) is 4.32. The van der Waals surface area contributed by atoms with Gasteiger partial charge in [0.15, 0.2) is 0 Å². The van der Waals surface area contributed by atoms with Crippen molar-refractivity contribution in [3.8, 4) is 5.75 Å². The number of hydrogen-bond donors (Lipinski definition) is 3. The topological polar surface area (TPSA) is 78.6 Å². The fourth-order valence-electron chi connectivity index (χ4n) is 1.86. The van der Waals surface area contributed by atoms with E-state index in [1.54, 1.807) is 48.5 Å². The normalized spacial score (nSPS) is 10.1. The molecule has 2 amide bonds. The van der Waals surface area contributed by atoms with E-state index in [-0.39, 0.29) is 11.8 Å². The van der Waals surface area contributed by atoms with Crippen LogP contribution in [0.25, 0.3) is 0 Å². The molecule has 4 N–H and O–H groups in total. The minimum absolute atomic E-state index is 0.126. The number of amides is 2. The predicted molar refractivity (Wildman–Crippen MR) is 81.0 cm³/mol. The number of aromatic hydroxyl groups is 1. The number of nitrogens with one attached hydrogen (secondary N) is 1. The number of carbonyl (C=O) groups is 1. The summed E-state index contributed by atoms with van der Waals surface area (Å²) in [6.07, 6.45) is 0. The number of urea groups is 1. The van der Waals surface area contributed by atoms with E-state index in [0.717, 1.165) is 0 Å². The molecule has 20 heavy (non-hydrogen) atoms. The smallest absolute Gasteiger partial charge is 0.326 e. The Bertz CT molecular complexity index is 596. The van der Waals surface area contributed by atoms with E-state index in [9.17, 15) is 9.90 Å². The first-order valence-corrected chi connectivity index (χ1v) is 6.33. The van der Waals surface area contributed by atoms with Gasteiger partial charge < -0.3 is 16.2 Å². The maximum absolute atomic E-state index is 12.2. The third kappa shape index (κ3) is 3.20. The summed E-state index contributed by atoms with van der Waals surface area (Å²) in [7, 11) is 0. The Kier molecular flexibility index (Phi) is 4.10. The van der Waals surface area contributed by atoms with Crippen molar-refractivity contribution < 1.29 is 9.90 Å². The molecule has 0 saturated carbocycles. The second-order valence-corrected chi connectivity index (χ2v) is 4.32. The van der Waals surface area contributed by atoms with Gasteiger partial charge in [-0.3, -0.25) is 4.90 Å². The number of carbonyl (C=O) groups excluding carboxylic acids is 1. The fraction of sp³-hybridized carbons (Fsp3) is 0.133. The van der Waals surface area contributed by atoms with Crippen LogP contribution in [0, 0.1) is 0 Å². The van der Waals surface area contributed by atoms with Crippen LogP contribution in [0.1, 0.15) is 6.92 Å². The van der Waals surface area contributed by atoms with Gasteiger partial charge in [-0.15, -0.1) is 0 Å². The zero-order chi connectivity index (χ0) is 14.5. The van der Waals surface area contributed by atoms with E-state index >= 15 is 0 Å². The molecule has 0 saturated heterocycles. The zero-order valence-electron chi connectivity index (χ0n) is 11.2. The molecule has 5 heteroatoms. The summed E-state index contributed by atoms with van der Waals surface area (Å²) < 4.78 is 0. The zero-order valence-corrected chi connectivity index (χ0v) is 11.2. The molecule has 0 aliphatic carbocycles. The molecule has 0 unspecified atom stereocenters. The molecule has 0 bridgehead atoms. The largest absolute Gasteiger partial charge is 0.508 e. The molecule has 0 aromatic heterocycles. The fourth-order valence-corrected chi connectivity index (χ4v) is 1.86. The van der Waals surface area contributed by atoms with Crippen molar-refractivity contribution >= 4 is 23.1 Å². The number of benzene rings is 2. The van der Waals surface area contributed by atoms with Crippen molar-refractivity contribution in [3.63, 3.8) is 0 Å². The second kappa shape index (κ2) is 5.97. The Morgan fingerprint density at radius 3 is 2.55 bits per heavy atom. The highest BCUT2D eigenvalue weighted by atomic mass is 16.3. The quantitative estimate of drug-likeness (QED) is 0.751. The van der Waals surface area contributed by atoms with Crippen LogP contribution in [0.2, 0.25) is 0 Å². The molecule has 2 aromatic carbocycles. The summed E-state index contributed by atoms with van der Waals surface area (Å²) in [5, 5.41) is 12.3. The standard InChI is InChI=1S/C15H17N3O2/c1-2-18(13-4-3-5-14(19)10-13)15(20)17-12-8-6-11(16)7-9-12/h3-10,19H,2,16H2,1H3,(H,17,20). The molecule has 2 rings (SSSR count). The number of nitrogens with two attached hydrogens (primary N) is 1. The van der Waals surface area contributed by atoms with Gasteiger partial charge in [0.1, 0.15) is 5.75 Å². The molecule has 0 fully saturated rings. The molecule has 5 nitrogen and oxygen atoms in total. The highest BCUT2D eigenvalue weighted by molar-refractivity contribution is 6.01. The van der Waals surface area contributed by atoms with E-state index in [1.807, 2.05) is 6.92 Å². The Labute approximate surface area is 117 Å². The Morgan fingerprint density at radius 1 is 1.25 bits per heavy atom. The van der Waals surface area contributed by atoms with Crippen LogP contribution >= 0.6 is 0 Å². The van der Waals surface area contributed by atoms with E-state index in [2.05, 4.69) is 5.32 Å². The van der Waals surface area contributed by atoms with Gasteiger partial charge in [-0.1, -0.05) is 6.07 Å². The van der Waals surface area contributed by atoms with Crippen LogP contribution in [0.15, 0.2) is 48.5 Å². The van der Waals surface area contributed by atoms with Gasteiger partial charge in [0, 0.05) is 29.7 Å². The van der Waals surface area contributed by atoms with Crippen LogP contribution in [-0.4, -0.2) is 17.7 Å². The molecular formula is C15H17N3O2. The molecule has 0 atom stereocenters. The average Bonchev–Trinajstić information content (AvgIpc) is 2.42. The van der Waals surface area contributed by atoms with Gasteiger partial charge in [0.25, 0.3) is 0 Å². The Balaban J connectivity index is 2.15. The lowest BCUT2D eigenvalue weighted by molar-refractivity contribution is 0.257. The maximum Gasteiger partial charge on any atom is 0.326 e. The van der Waals surface area contributed by atoms with Crippen LogP contribution in [0.5, 0.6) is 5.75 Å². The first-order chi connectivity index (χ1) is 9.60. The van der Waals surface area contributed by atoms with E-state index < -0.39 is 0 Å². The summed E-state index contributed by atoms with van der Waals surface area (Å²) in [5.41, 5.74) is 7.55. The molecule has 0 radical (unpaired) electrons. The molecular weight excluding hydrogens is 254 g/mol. The first-order valence-electron chi connectivity index (χ1n) is 6.33. The number of phenolic OH excluding ortho intramolecular Hbond substituents is 1. The molecule has 0 spiro atoms. The number of nitrogens with zero attached hydrogens (tertiary/aromatic N) is 1. The minimum Gasteiger partial charge on any atom is -0.508 e. The molecule has 0 heterocycles. The van der Waals surface area contributed by atoms with Gasteiger partial charge >= 0.3 is 6.03 Å². The van der Waals surface area contributed by atoms with E-state index in [1.165, 1.54) is 4.90 Å². The number of rotatable bonds is 3. The summed E-state index contributed by atoms with van der Waals surface area (Å²) in [4.78, 5) is 13.8. The number of phenols is 1. The molecule has 2 aromatic rings. The summed E-state index contributed by atoms with van der Waals surface area (Å²) in [6, 6.07) is 13.2. The average molecular weight is 271 g/mol. The van der Waals surface area contributed by atoms with Crippen molar-refractivity contribution in [1.29, 1.82) is 0 Å². The van der Waals surface area contributed by atoms with E-state index in [4.69, 9.17) is 5.73 Å². The number of anilines is 3. The lowest BCUT2D eigenvalue weighted by Gasteiger charge is -2.21. The van der Waals surface area contributed by atoms with Gasteiger partial charge in [0.05, 0.1) is 0 Å². The molecule has 104 valence electrons. The SMILES string of the molecule is CCN(C(=O)Nc1ccc(N)cc1)c1cccc(O)c1. The lowest BCUT2D eigenvalue weighted by atomic mass is 10.2. The molecule has 0 aliphatic heterocycles. The summed E-state index contributed by atoms with van der Waals surface area (Å²) in [6.45, 7) is 2.36. The van der Waals surface area contributed by atoms with Crippen molar-refractivity contribution in [1.82, 2.24) is 0 Å². The highest BCUT2D eigenvalue weighted by Gasteiger charge is 2.14. The third-order valence-electron chi connectivity index (χ3n) is 2.86. The van der Waals surface area contributed by atoms with Gasteiger partial charge in [-0.05, 0) is 43.3 Å². The van der Waals surface area contributed by atoms with Gasteiger partial charge in [-0.2, -0.15) is 0 Å². The summed E-state index contributed by atoms with van der Waals surface area (Å²) >= 11 is 0. The van der Waals surface area contributed by atoms with Crippen molar-refractivity contribution in [2.75, 3.05) is 22.5 Å². The highest BCUT2D eigenvalue weighted by Crippen LogP contribution is 2.21. The maximum atomic E-state index is 12.2. The van der Waals surface area contributed by atoms with Crippen LogP contribution in [0.3, 0.4) is 0 Å². The summed E-state index contributed by atoms with van der Waals surface area (Å²) in [5.74, 6) is 0.126. The van der Waals surface area contributed by atoms with Crippen molar-refractivity contribution in [2.24, 2.45) is 0 Å². The third-order valence-corrected chi connectivity index (χ3v) is 2.86. The van der Waals surface area contributed by atoms with Crippen LogP contribution in [-0.2, 0) is 0 Å². The van der Waals surface area contributed by atoms with Gasteiger partial charge in [0.2, 0.25) is 0 Å². The van der Waals surface area contributed by atoms with Crippen LogP contribution < -0.4 is 16.0 Å². The Hall–Kier alpha value is -2.69. The first kappa shape index (κ1) is 13.7. The predicted octanol–water partition coefficient (Wildman–Crippen LogP) is 3.03. The number of nitrogen functional groups attached to an aromatic ring is 1. The monoisotopic (exact) mass is 271 g/mol. The van der Waals surface area contributed by atoms with Gasteiger partial charge in [-0.25, -0.2) is 4.79 Å².